The van der Waals surface area contributed by atoms with E-state index < -0.39 is 0 Å². The monoisotopic (exact) mass is 234 g/mol. The van der Waals surface area contributed by atoms with Crippen LogP contribution < -0.4 is 5.73 Å². The molecule has 5 heteroatoms. The van der Waals surface area contributed by atoms with Crippen LogP contribution in [0.2, 0.25) is 0 Å². The minimum Gasteiger partial charge on any atom is -0.324 e. The van der Waals surface area contributed by atoms with Crippen LogP contribution in [0.15, 0.2) is 18.2 Å². The lowest BCUT2D eigenvalue weighted by atomic mass is 10.1. The molecule has 0 aliphatic carbocycles. The highest BCUT2D eigenvalue weighted by Gasteiger charge is 2.16. The van der Waals surface area contributed by atoms with Gasteiger partial charge in [-0.2, -0.15) is 5.10 Å². The lowest BCUT2D eigenvalue weighted by Gasteiger charge is -2.13. The number of nitrogens with zero attached hydrogens (tertiary/aromatic N) is 3. The molecule has 0 saturated heterocycles. The van der Waals surface area contributed by atoms with Crippen LogP contribution >= 0.6 is 0 Å². The Hall–Kier alpha value is -1.75. The van der Waals surface area contributed by atoms with E-state index in [-0.39, 0.29) is 11.9 Å². The number of para-hydroxylation sites is 1. The quantitative estimate of drug-likeness (QED) is 0.865. The van der Waals surface area contributed by atoms with Crippen molar-refractivity contribution in [2.75, 3.05) is 0 Å². The summed E-state index contributed by atoms with van der Waals surface area (Å²) in [6.45, 7) is 5.38. The zero-order chi connectivity index (χ0) is 12.6. The van der Waals surface area contributed by atoms with Crippen molar-refractivity contribution < 1.29 is 4.39 Å². The van der Waals surface area contributed by atoms with E-state index in [9.17, 15) is 4.39 Å². The first-order valence-electron chi connectivity index (χ1n) is 5.45. The molecule has 0 bridgehead atoms. The topological polar surface area (TPSA) is 56.7 Å². The van der Waals surface area contributed by atoms with Gasteiger partial charge in [0.05, 0.1) is 0 Å². The van der Waals surface area contributed by atoms with Gasteiger partial charge in [0.2, 0.25) is 0 Å². The predicted octanol–water partition coefficient (Wildman–Crippen LogP) is 2.04. The molecule has 4 nitrogen and oxygen atoms in total. The summed E-state index contributed by atoms with van der Waals surface area (Å²) in [6, 6.07) is 4.60. The van der Waals surface area contributed by atoms with Crippen LogP contribution in [0.5, 0.6) is 0 Å². The van der Waals surface area contributed by atoms with Gasteiger partial charge in [-0.3, -0.25) is 0 Å². The molecule has 0 saturated carbocycles. The SMILES string of the molecule is Cc1nc(C)n(-c2c(F)cccc2C(C)N)n1. The zero-order valence-corrected chi connectivity index (χ0v) is 10.1. The van der Waals surface area contributed by atoms with E-state index in [0.29, 0.717) is 17.3 Å². The maximum atomic E-state index is 13.9. The van der Waals surface area contributed by atoms with Crippen LogP contribution in [-0.4, -0.2) is 14.8 Å². The predicted molar refractivity (Wildman–Crippen MR) is 63.4 cm³/mol. The highest BCUT2D eigenvalue weighted by Crippen LogP contribution is 2.23. The van der Waals surface area contributed by atoms with Crippen LogP contribution in [0, 0.1) is 19.7 Å². The number of aromatic nitrogens is 3. The lowest BCUT2D eigenvalue weighted by Crippen LogP contribution is -2.13. The summed E-state index contributed by atoms with van der Waals surface area (Å²) >= 11 is 0. The fourth-order valence-corrected chi connectivity index (χ4v) is 1.86. The number of aryl methyl sites for hydroxylation is 2. The number of rotatable bonds is 2. The van der Waals surface area contributed by atoms with Gasteiger partial charge in [0.15, 0.2) is 0 Å². The molecule has 0 aliphatic heterocycles. The van der Waals surface area contributed by atoms with Crippen molar-refractivity contribution in [1.29, 1.82) is 0 Å². The Labute approximate surface area is 99.3 Å². The van der Waals surface area contributed by atoms with E-state index in [0.717, 1.165) is 5.56 Å². The minimum atomic E-state index is -0.340. The molecule has 2 rings (SSSR count). The van der Waals surface area contributed by atoms with E-state index in [1.54, 1.807) is 26.0 Å². The number of benzene rings is 1. The number of hydrogen-bond donors (Lipinski definition) is 1. The fraction of sp³-hybridized carbons (Fsp3) is 0.333. The standard InChI is InChI=1S/C12H15FN4/c1-7(14)10-5-4-6-11(13)12(10)17-9(3)15-8(2)16-17/h4-7H,14H2,1-3H3. The molecule has 1 heterocycles. The van der Waals surface area contributed by atoms with E-state index in [4.69, 9.17) is 5.73 Å². The van der Waals surface area contributed by atoms with Crippen molar-refractivity contribution in [3.63, 3.8) is 0 Å². The van der Waals surface area contributed by atoms with E-state index in [1.807, 2.05) is 6.92 Å². The molecule has 1 unspecified atom stereocenters. The van der Waals surface area contributed by atoms with Crippen molar-refractivity contribution in [1.82, 2.24) is 14.8 Å². The van der Waals surface area contributed by atoms with Gasteiger partial charge < -0.3 is 5.73 Å². The molecular formula is C12H15FN4. The van der Waals surface area contributed by atoms with Crippen LogP contribution in [-0.2, 0) is 0 Å². The van der Waals surface area contributed by atoms with Gasteiger partial charge in [-0.25, -0.2) is 14.1 Å². The molecular weight excluding hydrogens is 219 g/mol. The van der Waals surface area contributed by atoms with E-state index in [1.165, 1.54) is 10.7 Å². The molecule has 0 aliphatic rings. The normalized spacial score (nSPS) is 12.8. The molecule has 1 aromatic heterocycles. The third kappa shape index (κ3) is 2.06. The van der Waals surface area contributed by atoms with Crippen molar-refractivity contribution in [2.24, 2.45) is 5.73 Å². The van der Waals surface area contributed by atoms with Gasteiger partial charge in [0.25, 0.3) is 0 Å². The molecule has 17 heavy (non-hydrogen) atoms. The van der Waals surface area contributed by atoms with Gasteiger partial charge in [-0.15, -0.1) is 0 Å². The van der Waals surface area contributed by atoms with Crippen molar-refractivity contribution >= 4 is 0 Å². The van der Waals surface area contributed by atoms with Gasteiger partial charge in [0, 0.05) is 6.04 Å². The van der Waals surface area contributed by atoms with E-state index in [2.05, 4.69) is 10.1 Å². The number of hydrogen-bond acceptors (Lipinski definition) is 3. The molecule has 2 aromatic rings. The summed E-state index contributed by atoms with van der Waals surface area (Å²) in [6.07, 6.45) is 0. The smallest absolute Gasteiger partial charge is 0.149 e. The minimum absolute atomic E-state index is 0.260. The highest BCUT2D eigenvalue weighted by atomic mass is 19.1. The second-order valence-electron chi connectivity index (χ2n) is 4.08. The third-order valence-corrected chi connectivity index (χ3v) is 2.60. The second-order valence-corrected chi connectivity index (χ2v) is 4.08. The van der Waals surface area contributed by atoms with Gasteiger partial charge >= 0.3 is 0 Å². The maximum Gasteiger partial charge on any atom is 0.149 e. The lowest BCUT2D eigenvalue weighted by molar-refractivity contribution is 0.599. The molecule has 0 radical (unpaired) electrons. The summed E-state index contributed by atoms with van der Waals surface area (Å²) in [7, 11) is 0. The van der Waals surface area contributed by atoms with Crippen LogP contribution in [0.1, 0.15) is 30.2 Å². The molecule has 0 fully saturated rings. The van der Waals surface area contributed by atoms with Crippen LogP contribution in [0.4, 0.5) is 4.39 Å². The summed E-state index contributed by atoms with van der Waals surface area (Å²) in [5, 5.41) is 4.19. The Morgan fingerprint density at radius 3 is 2.59 bits per heavy atom. The average Bonchev–Trinajstić information content (AvgIpc) is 2.57. The zero-order valence-electron chi connectivity index (χ0n) is 10.1. The van der Waals surface area contributed by atoms with Crippen molar-refractivity contribution in [3.05, 3.63) is 41.2 Å². The first-order valence-corrected chi connectivity index (χ1v) is 5.45. The molecule has 90 valence electrons. The molecule has 1 aromatic carbocycles. The molecule has 2 N–H and O–H groups in total. The van der Waals surface area contributed by atoms with Gasteiger partial charge in [-0.05, 0) is 32.4 Å². The molecule has 0 amide bonds. The fourth-order valence-electron chi connectivity index (χ4n) is 1.86. The summed E-state index contributed by atoms with van der Waals surface area (Å²) in [5.74, 6) is 0.920. The first-order chi connectivity index (χ1) is 8.00. The Kier molecular flexibility index (Phi) is 2.93. The first kappa shape index (κ1) is 11.7. The van der Waals surface area contributed by atoms with E-state index >= 15 is 0 Å². The number of nitrogens with two attached hydrogens (primary N) is 1. The van der Waals surface area contributed by atoms with Crippen LogP contribution in [0.3, 0.4) is 0 Å². The maximum absolute atomic E-state index is 13.9. The molecule has 0 spiro atoms. The summed E-state index contributed by atoms with van der Waals surface area (Å²) in [5.41, 5.74) is 6.96. The van der Waals surface area contributed by atoms with Crippen LogP contribution in [0.25, 0.3) is 5.69 Å². The Bertz CT molecular complexity index is 545. The molecule has 1 atom stereocenters. The Morgan fingerprint density at radius 2 is 2.06 bits per heavy atom. The van der Waals surface area contributed by atoms with Crippen molar-refractivity contribution in [3.8, 4) is 5.69 Å². The summed E-state index contributed by atoms with van der Waals surface area (Å²) in [4.78, 5) is 4.17. The van der Waals surface area contributed by atoms with Crippen molar-refractivity contribution in [2.45, 2.75) is 26.8 Å². The third-order valence-electron chi connectivity index (χ3n) is 2.60. The highest BCUT2D eigenvalue weighted by molar-refractivity contribution is 5.44. The number of halogens is 1. The largest absolute Gasteiger partial charge is 0.324 e. The van der Waals surface area contributed by atoms with Gasteiger partial charge in [-0.1, -0.05) is 12.1 Å². The Balaban J connectivity index is 2.69. The second kappa shape index (κ2) is 4.25. The summed E-state index contributed by atoms with van der Waals surface area (Å²) < 4.78 is 15.4. The Morgan fingerprint density at radius 1 is 1.35 bits per heavy atom. The van der Waals surface area contributed by atoms with Gasteiger partial charge in [0.1, 0.15) is 23.2 Å². The average molecular weight is 234 g/mol.